The van der Waals surface area contributed by atoms with Gasteiger partial charge in [-0.05, 0) is 34.4 Å². The van der Waals surface area contributed by atoms with Crippen LogP contribution >= 0.6 is 0 Å². The molecule has 0 unspecified atom stereocenters. The molecule has 0 fully saturated rings. The second-order valence-corrected chi connectivity index (χ2v) is 15.9. The number of hydrogen-bond donors (Lipinski definition) is 1. The molecule has 348 valence electrons. The van der Waals surface area contributed by atoms with Crippen LogP contribution in [0.25, 0.3) is 11.1 Å². The molecule has 0 radical (unpaired) electrons. The van der Waals surface area contributed by atoms with Gasteiger partial charge in [0.1, 0.15) is 25.4 Å². The minimum atomic E-state index is -1.31. The van der Waals surface area contributed by atoms with Crippen LogP contribution in [-0.2, 0) is 77.9 Å². The molecule has 0 saturated carbocycles. The van der Waals surface area contributed by atoms with Crippen LogP contribution in [0.2, 0.25) is 0 Å². The smallest absolute Gasteiger partial charge is 0.332 e. The molecule has 1 N–H and O–H groups in total. The summed E-state index contributed by atoms with van der Waals surface area (Å²) in [5.41, 5.74) is 1.73. The summed E-state index contributed by atoms with van der Waals surface area (Å²) in [7, 11) is 0. The molecule has 0 spiro atoms. The van der Waals surface area contributed by atoms with Gasteiger partial charge in [0.05, 0.1) is 105 Å². The van der Waals surface area contributed by atoms with Gasteiger partial charge in [-0.15, -0.1) is 0 Å². The first-order valence-corrected chi connectivity index (χ1v) is 21.3. The molecule has 16 heteroatoms. The lowest BCUT2D eigenvalue weighted by atomic mass is 10.0. The average Bonchev–Trinajstić information content (AvgIpc) is 3.25. The number of amides is 1. The lowest BCUT2D eigenvalue weighted by molar-refractivity contribution is -0.151. The van der Waals surface area contributed by atoms with Gasteiger partial charge in [0.15, 0.2) is 0 Å². The van der Waals surface area contributed by atoms with E-state index in [1.165, 1.54) is 0 Å². The van der Waals surface area contributed by atoms with Gasteiger partial charge in [-0.2, -0.15) is 0 Å². The van der Waals surface area contributed by atoms with E-state index in [0.717, 1.165) is 16.7 Å². The highest BCUT2D eigenvalue weighted by atomic mass is 16.6. The van der Waals surface area contributed by atoms with Crippen LogP contribution in [0, 0.1) is 17.8 Å². The highest BCUT2D eigenvalue weighted by Gasteiger charge is 2.34. The molecule has 2 aromatic carbocycles. The van der Waals surface area contributed by atoms with Crippen molar-refractivity contribution in [2.75, 3.05) is 99.1 Å². The van der Waals surface area contributed by atoms with Crippen molar-refractivity contribution in [3.05, 3.63) is 60.2 Å². The molecule has 2 aromatic rings. The van der Waals surface area contributed by atoms with Gasteiger partial charge >= 0.3 is 23.9 Å². The van der Waals surface area contributed by atoms with Crippen molar-refractivity contribution in [2.24, 2.45) is 17.8 Å². The Morgan fingerprint density at radius 3 is 1.34 bits per heavy atom. The number of benzene rings is 2. The molecular formula is C46H69NO15. The Bertz CT molecular complexity index is 1470. The SMILES string of the molecule is CC(C)COC(=O)CCOCC(COCCC(=O)OCC(C)C)(COCCC(=O)OCC(C)C)NC(=O)COCCOCCOCC(=O)OCc1ccc(-c2ccccc2)cc1. The predicted molar refractivity (Wildman–Crippen MR) is 229 cm³/mol. The van der Waals surface area contributed by atoms with Gasteiger partial charge < -0.3 is 52.7 Å². The molecule has 0 aromatic heterocycles. The molecule has 16 nitrogen and oxygen atoms in total. The van der Waals surface area contributed by atoms with Crippen LogP contribution < -0.4 is 5.32 Å². The summed E-state index contributed by atoms with van der Waals surface area (Å²) in [4.78, 5) is 62.0. The third-order valence-corrected chi connectivity index (χ3v) is 8.28. The maximum Gasteiger partial charge on any atom is 0.332 e. The van der Waals surface area contributed by atoms with Crippen molar-refractivity contribution in [2.45, 2.75) is 73.0 Å². The Morgan fingerprint density at radius 2 is 0.887 bits per heavy atom. The van der Waals surface area contributed by atoms with E-state index in [-0.39, 0.29) is 143 Å². The van der Waals surface area contributed by atoms with Crippen molar-refractivity contribution in [1.29, 1.82) is 0 Å². The minimum Gasteiger partial charge on any atom is -0.465 e. The Morgan fingerprint density at radius 1 is 0.468 bits per heavy atom. The van der Waals surface area contributed by atoms with Gasteiger partial charge in [0.2, 0.25) is 5.91 Å². The Balaban J connectivity index is 1.84. The largest absolute Gasteiger partial charge is 0.465 e. The number of carbonyl (C=O) groups excluding carboxylic acids is 5. The van der Waals surface area contributed by atoms with E-state index in [4.69, 9.17) is 47.4 Å². The summed E-state index contributed by atoms with van der Waals surface area (Å²) in [5.74, 6) is -1.79. The minimum absolute atomic E-state index is 0.0136. The average molecular weight is 876 g/mol. The molecule has 2 rings (SSSR count). The van der Waals surface area contributed by atoms with Crippen LogP contribution in [0.4, 0.5) is 0 Å². The molecule has 0 heterocycles. The third-order valence-electron chi connectivity index (χ3n) is 8.28. The molecule has 0 aliphatic rings. The van der Waals surface area contributed by atoms with E-state index in [9.17, 15) is 24.0 Å². The van der Waals surface area contributed by atoms with E-state index >= 15 is 0 Å². The van der Waals surface area contributed by atoms with E-state index in [2.05, 4.69) is 5.32 Å². The van der Waals surface area contributed by atoms with Gasteiger partial charge in [0.25, 0.3) is 0 Å². The lowest BCUT2D eigenvalue weighted by Crippen LogP contribution is -2.59. The molecule has 0 atom stereocenters. The topological polar surface area (TPSA) is 190 Å². The molecular weight excluding hydrogens is 806 g/mol. The summed E-state index contributed by atoms with van der Waals surface area (Å²) in [5, 5.41) is 2.88. The van der Waals surface area contributed by atoms with Crippen LogP contribution in [0.5, 0.6) is 0 Å². The van der Waals surface area contributed by atoms with E-state index in [0.29, 0.717) is 0 Å². The van der Waals surface area contributed by atoms with Gasteiger partial charge in [-0.1, -0.05) is 96.1 Å². The quantitative estimate of drug-likeness (QED) is 0.0546. The van der Waals surface area contributed by atoms with E-state index in [1.54, 1.807) is 0 Å². The van der Waals surface area contributed by atoms with Crippen molar-refractivity contribution in [3.8, 4) is 11.1 Å². The highest BCUT2D eigenvalue weighted by molar-refractivity contribution is 5.78. The Kier molecular flexibility index (Phi) is 27.9. The molecule has 0 bridgehead atoms. The van der Waals surface area contributed by atoms with Gasteiger partial charge in [-0.3, -0.25) is 19.2 Å². The maximum absolute atomic E-state index is 13.3. The van der Waals surface area contributed by atoms with Crippen LogP contribution in [-0.4, -0.2) is 134 Å². The maximum atomic E-state index is 13.3. The summed E-state index contributed by atoms with van der Waals surface area (Å²) in [6, 6.07) is 17.8. The second kappa shape index (κ2) is 32.3. The zero-order valence-electron chi connectivity index (χ0n) is 37.5. The predicted octanol–water partition coefficient (Wildman–Crippen LogP) is 5.12. The number of hydrogen-bond acceptors (Lipinski definition) is 15. The fraction of sp³-hybridized carbons (Fsp3) is 0.630. The van der Waals surface area contributed by atoms with Crippen molar-refractivity contribution in [1.82, 2.24) is 5.32 Å². The first-order chi connectivity index (χ1) is 29.8. The van der Waals surface area contributed by atoms with Crippen LogP contribution in [0.3, 0.4) is 0 Å². The number of esters is 4. The third kappa shape index (κ3) is 26.8. The number of nitrogens with one attached hydrogen (secondary N) is 1. The molecule has 0 aliphatic heterocycles. The lowest BCUT2D eigenvalue weighted by Gasteiger charge is -2.34. The summed E-state index contributed by atoms with van der Waals surface area (Å²) >= 11 is 0. The number of carbonyl (C=O) groups is 5. The normalized spacial score (nSPS) is 11.5. The van der Waals surface area contributed by atoms with Gasteiger partial charge in [0, 0.05) is 0 Å². The Labute approximate surface area is 366 Å². The summed E-state index contributed by atoms with van der Waals surface area (Å²) < 4.78 is 55.0. The first-order valence-electron chi connectivity index (χ1n) is 21.3. The fourth-order valence-corrected chi connectivity index (χ4v) is 5.12. The summed E-state index contributed by atoms with van der Waals surface area (Å²) in [6.07, 6.45) is -0.0688. The highest BCUT2D eigenvalue weighted by Crippen LogP contribution is 2.19. The van der Waals surface area contributed by atoms with Crippen molar-refractivity contribution < 1.29 is 71.3 Å². The van der Waals surface area contributed by atoms with E-state index < -0.39 is 35.3 Å². The van der Waals surface area contributed by atoms with Gasteiger partial charge in [-0.25, -0.2) is 4.79 Å². The molecule has 0 saturated heterocycles. The molecule has 62 heavy (non-hydrogen) atoms. The number of ether oxygens (including phenoxy) is 10. The summed E-state index contributed by atoms with van der Waals surface area (Å²) in [6.45, 7) is 12.0. The van der Waals surface area contributed by atoms with Crippen molar-refractivity contribution in [3.63, 3.8) is 0 Å². The first kappa shape index (κ1) is 53.7. The zero-order chi connectivity index (χ0) is 45.4. The standard InChI is InChI=1S/C46H69NO15/c1-35(2)26-59-42(49)16-19-56-32-46(33-57-20-17-43(50)60-27-36(3)4,34-58-21-18-44(51)61-28-37(5)6)47-41(48)30-54-24-22-53-23-25-55-31-45(52)62-29-38-12-14-40(15-13-38)39-10-8-7-9-11-39/h7-15,35-37H,16-34H2,1-6H3,(H,47,48). The van der Waals surface area contributed by atoms with Crippen LogP contribution in [0.15, 0.2) is 54.6 Å². The van der Waals surface area contributed by atoms with Crippen LogP contribution in [0.1, 0.15) is 66.4 Å². The monoisotopic (exact) mass is 875 g/mol. The molecule has 1 amide bonds. The van der Waals surface area contributed by atoms with Crippen molar-refractivity contribution >= 4 is 29.8 Å². The Hall–Kier alpha value is -4.45. The fourth-order valence-electron chi connectivity index (χ4n) is 5.12. The van der Waals surface area contributed by atoms with E-state index in [1.807, 2.05) is 96.1 Å². The zero-order valence-corrected chi connectivity index (χ0v) is 37.5. The number of rotatable bonds is 35. The molecule has 0 aliphatic carbocycles. The second-order valence-electron chi connectivity index (χ2n) is 15.9.